The van der Waals surface area contributed by atoms with Crippen molar-refractivity contribution in [2.75, 3.05) is 26.6 Å². The number of carbonyl (C=O) groups is 2. The lowest BCUT2D eigenvalue weighted by atomic mass is 9.89. The first-order valence-electron chi connectivity index (χ1n) is 9.35. The van der Waals surface area contributed by atoms with Crippen LogP contribution in [0.5, 0.6) is 11.5 Å². The monoisotopic (exact) mass is 382 g/mol. The summed E-state index contributed by atoms with van der Waals surface area (Å²) >= 11 is 0. The quantitative estimate of drug-likeness (QED) is 0.798. The molecule has 0 fully saturated rings. The van der Waals surface area contributed by atoms with Crippen LogP contribution in [0, 0.1) is 5.92 Å². The maximum absolute atomic E-state index is 12.6. The molecule has 0 unspecified atom stereocenters. The number of hydrogen-bond donors (Lipinski definition) is 1. The first-order valence-corrected chi connectivity index (χ1v) is 9.35. The van der Waals surface area contributed by atoms with E-state index in [-0.39, 0.29) is 17.7 Å². The Hall–Kier alpha value is -3.02. The van der Waals surface area contributed by atoms with Crippen molar-refractivity contribution in [1.29, 1.82) is 0 Å². The van der Waals surface area contributed by atoms with E-state index in [0.29, 0.717) is 37.3 Å². The van der Waals surface area contributed by atoms with Gasteiger partial charge in [-0.1, -0.05) is 24.3 Å². The molecular weight excluding hydrogens is 356 g/mol. The van der Waals surface area contributed by atoms with Gasteiger partial charge in [-0.25, -0.2) is 0 Å². The Labute approximate surface area is 165 Å². The average molecular weight is 382 g/mol. The molecule has 0 spiro atoms. The molecule has 0 saturated heterocycles. The number of carbonyl (C=O) groups excluding carboxylic acids is 2. The lowest BCUT2D eigenvalue weighted by Crippen LogP contribution is -2.32. The highest BCUT2D eigenvalue weighted by Gasteiger charge is 2.26. The number of nitrogens with one attached hydrogen (secondary N) is 1. The van der Waals surface area contributed by atoms with Crippen molar-refractivity contribution in [3.63, 3.8) is 0 Å². The summed E-state index contributed by atoms with van der Waals surface area (Å²) < 4.78 is 10.6. The Morgan fingerprint density at radius 2 is 1.89 bits per heavy atom. The smallest absolute Gasteiger partial charge is 0.227 e. The molecule has 1 aliphatic heterocycles. The molecule has 1 atom stereocenters. The minimum atomic E-state index is -0.173. The van der Waals surface area contributed by atoms with Crippen LogP contribution in [0.25, 0.3) is 0 Å². The van der Waals surface area contributed by atoms with Crippen LogP contribution in [0.1, 0.15) is 24.0 Å². The minimum Gasteiger partial charge on any atom is -0.493 e. The molecule has 28 heavy (non-hydrogen) atoms. The lowest BCUT2D eigenvalue weighted by molar-refractivity contribution is -0.131. The fourth-order valence-corrected chi connectivity index (χ4v) is 3.48. The van der Waals surface area contributed by atoms with E-state index < -0.39 is 0 Å². The van der Waals surface area contributed by atoms with Crippen molar-refractivity contribution in [2.45, 2.75) is 25.8 Å². The number of benzene rings is 2. The third-order valence-electron chi connectivity index (χ3n) is 5.11. The minimum absolute atomic E-state index is 0.00551. The SMILES string of the molecule is COc1ccc(CN(C)C(=O)CC[C@H]2Cc3ccccc3NC2=O)cc1OC. The Morgan fingerprint density at radius 1 is 1.14 bits per heavy atom. The summed E-state index contributed by atoms with van der Waals surface area (Å²) in [7, 11) is 4.95. The van der Waals surface area contributed by atoms with Gasteiger partial charge in [0.25, 0.3) is 0 Å². The van der Waals surface area contributed by atoms with Crippen LogP contribution in [-0.2, 0) is 22.6 Å². The van der Waals surface area contributed by atoms with Crippen molar-refractivity contribution < 1.29 is 19.1 Å². The Morgan fingerprint density at radius 3 is 2.64 bits per heavy atom. The number of nitrogens with zero attached hydrogens (tertiary/aromatic N) is 1. The third kappa shape index (κ3) is 4.44. The zero-order chi connectivity index (χ0) is 20.1. The molecule has 6 nitrogen and oxygen atoms in total. The summed E-state index contributed by atoms with van der Waals surface area (Å²) in [5.41, 5.74) is 2.96. The van der Waals surface area contributed by atoms with Crippen LogP contribution in [0.4, 0.5) is 5.69 Å². The van der Waals surface area contributed by atoms with Gasteiger partial charge in [-0.15, -0.1) is 0 Å². The van der Waals surface area contributed by atoms with Gasteiger partial charge in [-0.3, -0.25) is 9.59 Å². The molecule has 2 aromatic carbocycles. The second kappa shape index (κ2) is 8.78. The number of methoxy groups -OCH3 is 2. The molecule has 3 rings (SSSR count). The molecule has 0 saturated carbocycles. The topological polar surface area (TPSA) is 67.9 Å². The molecule has 148 valence electrons. The highest BCUT2D eigenvalue weighted by atomic mass is 16.5. The first-order chi connectivity index (χ1) is 13.5. The molecule has 0 bridgehead atoms. The van der Waals surface area contributed by atoms with Gasteiger partial charge < -0.3 is 19.7 Å². The Bertz CT molecular complexity index is 865. The van der Waals surface area contributed by atoms with Gasteiger partial charge in [0.2, 0.25) is 11.8 Å². The summed E-state index contributed by atoms with van der Waals surface area (Å²) in [6.07, 6.45) is 1.55. The second-order valence-corrected chi connectivity index (χ2v) is 7.03. The maximum Gasteiger partial charge on any atom is 0.227 e. The fraction of sp³-hybridized carbons (Fsp3) is 0.364. The number of para-hydroxylation sites is 1. The van der Waals surface area contributed by atoms with Crippen molar-refractivity contribution in [1.82, 2.24) is 4.90 Å². The molecule has 1 heterocycles. The van der Waals surface area contributed by atoms with E-state index in [1.165, 1.54) is 0 Å². The number of fused-ring (bicyclic) bond motifs is 1. The van der Waals surface area contributed by atoms with Gasteiger partial charge in [0.15, 0.2) is 11.5 Å². The highest BCUT2D eigenvalue weighted by molar-refractivity contribution is 5.96. The van der Waals surface area contributed by atoms with E-state index in [4.69, 9.17) is 9.47 Å². The van der Waals surface area contributed by atoms with Gasteiger partial charge in [0, 0.05) is 31.6 Å². The predicted molar refractivity (Wildman–Crippen MR) is 108 cm³/mol. The summed E-state index contributed by atoms with van der Waals surface area (Å²) in [6, 6.07) is 13.4. The van der Waals surface area contributed by atoms with Crippen LogP contribution in [0.15, 0.2) is 42.5 Å². The number of rotatable bonds is 7. The third-order valence-corrected chi connectivity index (χ3v) is 5.11. The zero-order valence-corrected chi connectivity index (χ0v) is 16.5. The first kappa shape index (κ1) is 19.7. The van der Waals surface area contributed by atoms with Crippen molar-refractivity contribution >= 4 is 17.5 Å². The van der Waals surface area contributed by atoms with E-state index in [0.717, 1.165) is 16.8 Å². The van der Waals surface area contributed by atoms with Crippen LogP contribution in [0.3, 0.4) is 0 Å². The molecule has 0 radical (unpaired) electrons. The summed E-state index contributed by atoms with van der Waals surface area (Å²) in [5.74, 6) is 1.13. The van der Waals surface area contributed by atoms with E-state index in [2.05, 4.69) is 5.32 Å². The molecule has 1 aliphatic rings. The summed E-state index contributed by atoms with van der Waals surface area (Å²) in [5, 5.41) is 2.94. The second-order valence-electron chi connectivity index (χ2n) is 7.03. The fourth-order valence-electron chi connectivity index (χ4n) is 3.48. The molecule has 2 aromatic rings. The Balaban J connectivity index is 1.56. The van der Waals surface area contributed by atoms with Gasteiger partial charge in [0.1, 0.15) is 0 Å². The molecular formula is C22H26N2O4. The molecule has 2 amide bonds. The molecule has 0 aromatic heterocycles. The highest BCUT2D eigenvalue weighted by Crippen LogP contribution is 2.29. The largest absolute Gasteiger partial charge is 0.493 e. The standard InChI is InChI=1S/C22H26N2O4/c1-24(14-15-8-10-19(27-2)20(12-15)28-3)21(25)11-9-17-13-16-6-4-5-7-18(16)23-22(17)26/h4-8,10,12,17H,9,11,13-14H2,1-3H3,(H,23,26)/t17-/m0/s1. The van der Waals surface area contributed by atoms with E-state index in [1.54, 1.807) is 26.2 Å². The number of anilines is 1. The van der Waals surface area contributed by atoms with Crippen molar-refractivity contribution in [2.24, 2.45) is 5.92 Å². The number of amides is 2. The van der Waals surface area contributed by atoms with Gasteiger partial charge >= 0.3 is 0 Å². The lowest BCUT2D eigenvalue weighted by Gasteiger charge is -2.25. The molecule has 1 N–H and O–H groups in total. The van der Waals surface area contributed by atoms with E-state index >= 15 is 0 Å². The van der Waals surface area contributed by atoms with Gasteiger partial charge in [-0.2, -0.15) is 0 Å². The average Bonchev–Trinajstić information content (AvgIpc) is 2.71. The maximum atomic E-state index is 12.6. The van der Waals surface area contributed by atoms with Crippen LogP contribution in [-0.4, -0.2) is 38.0 Å². The Kier molecular flexibility index (Phi) is 6.19. The molecule has 0 aliphatic carbocycles. The zero-order valence-electron chi connectivity index (χ0n) is 16.5. The van der Waals surface area contributed by atoms with Crippen LogP contribution >= 0.6 is 0 Å². The number of hydrogen-bond acceptors (Lipinski definition) is 4. The number of ether oxygens (including phenoxy) is 2. The summed E-state index contributed by atoms with van der Waals surface area (Å²) in [4.78, 5) is 26.5. The predicted octanol–water partition coefficient (Wildman–Crippen LogP) is 3.25. The van der Waals surface area contributed by atoms with E-state index in [9.17, 15) is 9.59 Å². The van der Waals surface area contributed by atoms with E-state index in [1.807, 2.05) is 42.5 Å². The van der Waals surface area contributed by atoms with Crippen LogP contribution in [0.2, 0.25) is 0 Å². The van der Waals surface area contributed by atoms with Gasteiger partial charge in [0.05, 0.1) is 14.2 Å². The van der Waals surface area contributed by atoms with Crippen LogP contribution < -0.4 is 14.8 Å². The molecule has 6 heteroatoms. The summed E-state index contributed by atoms with van der Waals surface area (Å²) in [6.45, 7) is 0.471. The van der Waals surface area contributed by atoms with Crippen molar-refractivity contribution in [3.8, 4) is 11.5 Å². The van der Waals surface area contributed by atoms with Crippen molar-refractivity contribution in [3.05, 3.63) is 53.6 Å². The normalized spacial score (nSPS) is 15.4. The van der Waals surface area contributed by atoms with Gasteiger partial charge in [-0.05, 0) is 42.2 Å².